The van der Waals surface area contributed by atoms with E-state index in [0.717, 1.165) is 34.4 Å². The van der Waals surface area contributed by atoms with Crippen molar-refractivity contribution in [3.05, 3.63) is 77.7 Å². The first-order chi connectivity index (χ1) is 16.5. The van der Waals surface area contributed by atoms with Crippen molar-refractivity contribution >= 4 is 23.2 Å². The number of ether oxygens (including phenoxy) is 2. The number of nitrogens with one attached hydrogen (secondary N) is 1. The molecule has 0 saturated carbocycles. The second-order valence-electron chi connectivity index (χ2n) is 7.65. The molecule has 1 aromatic heterocycles. The lowest BCUT2D eigenvalue weighted by atomic mass is 10.2. The van der Waals surface area contributed by atoms with E-state index in [2.05, 4.69) is 4.98 Å². The molecule has 34 heavy (non-hydrogen) atoms. The van der Waals surface area contributed by atoms with Crippen molar-refractivity contribution < 1.29 is 19.1 Å². The summed E-state index contributed by atoms with van der Waals surface area (Å²) in [6.45, 7) is 7.82. The number of carbonyl (C=O) groups is 2. The summed E-state index contributed by atoms with van der Waals surface area (Å²) in [5.74, 6) is 1.60. The highest BCUT2D eigenvalue weighted by molar-refractivity contribution is 5.99. The van der Waals surface area contributed by atoms with Gasteiger partial charge in [0.2, 0.25) is 6.41 Å². The molecule has 0 spiro atoms. The molecule has 2 aromatic carbocycles. The summed E-state index contributed by atoms with van der Waals surface area (Å²) in [6, 6.07) is 17.3. The van der Waals surface area contributed by atoms with Crippen molar-refractivity contribution in [2.75, 3.05) is 33.9 Å². The van der Waals surface area contributed by atoms with E-state index in [1.807, 2.05) is 81.4 Å². The maximum absolute atomic E-state index is 13.0. The molecule has 0 bridgehead atoms. The van der Waals surface area contributed by atoms with Crippen molar-refractivity contribution in [2.45, 2.75) is 27.3 Å². The molecule has 1 N–H and O–H groups in total. The molecule has 0 fully saturated rings. The Morgan fingerprint density at radius 2 is 1.79 bits per heavy atom. The number of hydrogen-bond acceptors (Lipinski definition) is 4. The quantitative estimate of drug-likeness (QED) is 0.343. The molecular formula is C27H35N3O4. The van der Waals surface area contributed by atoms with E-state index in [4.69, 9.17) is 9.47 Å². The minimum absolute atomic E-state index is 0.0914. The summed E-state index contributed by atoms with van der Waals surface area (Å²) in [6.07, 6.45) is 2.75. The Labute approximate surface area is 202 Å². The molecule has 182 valence electrons. The number of nitrogens with zero attached hydrogens (tertiary/aromatic N) is 2. The van der Waals surface area contributed by atoms with Gasteiger partial charge in [0.25, 0.3) is 5.91 Å². The van der Waals surface area contributed by atoms with Gasteiger partial charge in [-0.3, -0.25) is 9.59 Å². The number of fused-ring (bicyclic) bond motifs is 1. The molecule has 0 aliphatic rings. The number of hydrogen-bond donors (Lipinski definition) is 1. The first-order valence-electron chi connectivity index (χ1n) is 11.3. The van der Waals surface area contributed by atoms with Crippen LogP contribution in [0.15, 0.2) is 66.4 Å². The van der Waals surface area contributed by atoms with Crippen LogP contribution in [0.5, 0.6) is 5.75 Å². The van der Waals surface area contributed by atoms with E-state index in [-0.39, 0.29) is 5.91 Å². The van der Waals surface area contributed by atoms with Gasteiger partial charge < -0.3 is 24.3 Å². The zero-order chi connectivity index (χ0) is 24.9. The number of benzene rings is 2. The molecule has 0 unspecified atom stereocenters. The molecule has 2 amide bonds. The number of carbonyl (C=O) groups excluding carboxylic acids is 2. The highest BCUT2D eigenvalue weighted by Gasteiger charge is 2.18. The molecule has 0 aliphatic carbocycles. The average Bonchev–Trinajstić information content (AvgIpc) is 3.33. The monoisotopic (exact) mass is 465 g/mol. The lowest BCUT2D eigenvalue weighted by Gasteiger charge is -2.24. The first kappa shape index (κ1) is 26.5. The third-order valence-electron chi connectivity index (χ3n) is 5.51. The maximum atomic E-state index is 13.0. The lowest BCUT2D eigenvalue weighted by molar-refractivity contribution is -0.118. The van der Waals surface area contributed by atoms with Crippen molar-refractivity contribution in [3.63, 3.8) is 0 Å². The lowest BCUT2D eigenvalue weighted by Crippen LogP contribution is -2.38. The molecule has 3 aromatic rings. The normalized spacial score (nSPS) is 10.8. The molecule has 3 rings (SSSR count). The van der Waals surface area contributed by atoms with Gasteiger partial charge in [-0.2, -0.15) is 0 Å². The van der Waals surface area contributed by atoms with Crippen molar-refractivity contribution in [1.29, 1.82) is 0 Å². The molecule has 0 aliphatic heterocycles. The largest absolute Gasteiger partial charge is 0.502 e. The number of rotatable bonds is 10. The number of H-pyrrole nitrogens is 1. The fourth-order valence-corrected chi connectivity index (χ4v) is 3.35. The van der Waals surface area contributed by atoms with Crippen LogP contribution >= 0.6 is 0 Å². The van der Waals surface area contributed by atoms with Crippen LogP contribution in [0.25, 0.3) is 10.9 Å². The van der Waals surface area contributed by atoms with Crippen LogP contribution in [0.2, 0.25) is 0 Å². The predicted molar refractivity (Wildman–Crippen MR) is 136 cm³/mol. The third-order valence-corrected chi connectivity index (χ3v) is 5.51. The highest BCUT2D eigenvalue weighted by atomic mass is 16.5. The van der Waals surface area contributed by atoms with Crippen LogP contribution in [0.3, 0.4) is 0 Å². The Morgan fingerprint density at radius 3 is 2.35 bits per heavy atom. The predicted octanol–water partition coefficient (Wildman–Crippen LogP) is 4.85. The molecule has 0 radical (unpaired) electrons. The SMILES string of the molecule is C/C=C(\C)OC.CCN(CCN(C=O)Cc1ccccc1)C(=O)c1cc2c(OC)cccc2[nH]1. The van der Waals surface area contributed by atoms with Crippen molar-refractivity contribution in [3.8, 4) is 5.75 Å². The Morgan fingerprint density at radius 1 is 1.06 bits per heavy atom. The highest BCUT2D eigenvalue weighted by Crippen LogP contribution is 2.26. The average molecular weight is 466 g/mol. The summed E-state index contributed by atoms with van der Waals surface area (Å²) in [4.78, 5) is 31.0. The van der Waals surface area contributed by atoms with E-state index in [1.165, 1.54) is 0 Å². The van der Waals surface area contributed by atoms with Gasteiger partial charge in [0.1, 0.15) is 11.4 Å². The summed E-state index contributed by atoms with van der Waals surface area (Å²) >= 11 is 0. The fourth-order valence-electron chi connectivity index (χ4n) is 3.35. The van der Waals surface area contributed by atoms with Crippen LogP contribution < -0.4 is 4.74 Å². The van der Waals surface area contributed by atoms with Crippen LogP contribution in [-0.4, -0.2) is 61.0 Å². The van der Waals surface area contributed by atoms with Crippen molar-refractivity contribution in [1.82, 2.24) is 14.8 Å². The second-order valence-corrected chi connectivity index (χ2v) is 7.65. The summed E-state index contributed by atoms with van der Waals surface area (Å²) in [5, 5.41) is 0.878. The molecule has 7 heteroatoms. The zero-order valence-corrected chi connectivity index (χ0v) is 20.7. The van der Waals surface area contributed by atoms with E-state index >= 15 is 0 Å². The maximum Gasteiger partial charge on any atom is 0.270 e. The van der Waals surface area contributed by atoms with Gasteiger partial charge in [0.05, 0.1) is 20.0 Å². The minimum Gasteiger partial charge on any atom is -0.502 e. The van der Waals surface area contributed by atoms with Crippen molar-refractivity contribution in [2.24, 2.45) is 0 Å². The second kappa shape index (κ2) is 13.7. The number of amides is 2. The van der Waals surface area contributed by atoms with Crippen LogP contribution in [0.4, 0.5) is 0 Å². The van der Waals surface area contributed by atoms with Gasteiger partial charge in [-0.25, -0.2) is 0 Å². The van der Waals surface area contributed by atoms with E-state index in [9.17, 15) is 9.59 Å². The van der Waals surface area contributed by atoms with Crippen LogP contribution in [-0.2, 0) is 16.1 Å². The Kier molecular flexibility index (Phi) is 10.7. The Hall–Kier alpha value is -3.74. The summed E-state index contributed by atoms with van der Waals surface area (Å²) < 4.78 is 10.1. The number of aromatic amines is 1. The zero-order valence-electron chi connectivity index (χ0n) is 20.7. The Bertz CT molecular complexity index is 1080. The van der Waals surface area contributed by atoms with Gasteiger partial charge in [-0.05, 0) is 44.5 Å². The Balaban J connectivity index is 0.000000604. The summed E-state index contributed by atoms with van der Waals surface area (Å²) in [7, 11) is 3.28. The summed E-state index contributed by atoms with van der Waals surface area (Å²) in [5.41, 5.74) is 2.44. The molecular weight excluding hydrogens is 430 g/mol. The van der Waals surface area contributed by atoms with Gasteiger partial charge >= 0.3 is 0 Å². The standard InChI is InChI=1S/C22H25N3O3.C5H10O/c1-3-25(13-12-24(16-26)15-17-8-5-4-6-9-17)22(27)20-14-18-19(23-20)10-7-11-21(18)28-2;1-4-5(2)6-3/h4-11,14,16,23H,3,12-13,15H2,1-2H3;4H,1-3H3/b;5-4+. The van der Waals surface area contributed by atoms with Crippen LogP contribution in [0, 0.1) is 0 Å². The molecule has 1 heterocycles. The van der Waals surface area contributed by atoms with Gasteiger partial charge in [-0.1, -0.05) is 42.5 Å². The third kappa shape index (κ3) is 7.40. The fraction of sp³-hybridized carbons (Fsp3) is 0.333. The number of allylic oxidation sites excluding steroid dienone is 2. The molecule has 0 atom stereocenters. The smallest absolute Gasteiger partial charge is 0.270 e. The van der Waals surface area contributed by atoms with E-state index in [1.54, 1.807) is 24.0 Å². The number of likely N-dealkylation sites (N-methyl/N-ethyl adjacent to an activating group) is 1. The molecule has 0 saturated heterocycles. The number of aromatic nitrogens is 1. The first-order valence-corrected chi connectivity index (χ1v) is 11.3. The molecule has 7 nitrogen and oxygen atoms in total. The van der Waals surface area contributed by atoms with Gasteiger partial charge in [0, 0.05) is 37.1 Å². The van der Waals surface area contributed by atoms with Gasteiger partial charge in [0.15, 0.2) is 0 Å². The number of methoxy groups -OCH3 is 2. The topological polar surface area (TPSA) is 74.9 Å². The minimum atomic E-state index is -0.0914. The van der Waals surface area contributed by atoms with Crippen LogP contribution in [0.1, 0.15) is 36.8 Å². The van der Waals surface area contributed by atoms with E-state index in [0.29, 0.717) is 31.9 Å². The van der Waals surface area contributed by atoms with E-state index < -0.39 is 0 Å². The van der Waals surface area contributed by atoms with Gasteiger partial charge in [-0.15, -0.1) is 0 Å².